The van der Waals surface area contributed by atoms with Crippen molar-refractivity contribution >= 4 is 18.1 Å². The summed E-state index contributed by atoms with van der Waals surface area (Å²) in [5, 5.41) is 8.85. The van der Waals surface area contributed by atoms with Crippen LogP contribution in [0.1, 0.15) is 21.5 Å². The molecule has 2 aromatic carbocycles. The van der Waals surface area contributed by atoms with Crippen molar-refractivity contribution in [3.05, 3.63) is 65.2 Å². The minimum absolute atomic E-state index is 0.238. The normalized spacial score (nSPS) is 10.1. The fourth-order valence-corrected chi connectivity index (χ4v) is 1.95. The van der Waals surface area contributed by atoms with Crippen molar-refractivity contribution in [2.24, 2.45) is 0 Å². The fourth-order valence-electron chi connectivity index (χ4n) is 1.95. The molecule has 0 atom stereocenters. The lowest BCUT2D eigenvalue weighted by Gasteiger charge is -2.18. The van der Waals surface area contributed by atoms with Gasteiger partial charge in [-0.2, -0.15) is 0 Å². The average Bonchev–Trinajstić information content (AvgIpc) is 2.45. The predicted octanol–water partition coefficient (Wildman–Crippen LogP) is 2.86. The second kappa shape index (κ2) is 6.02. The Morgan fingerprint density at radius 2 is 1.90 bits per heavy atom. The monoisotopic (exact) mass is 269 g/mol. The van der Waals surface area contributed by atoms with Gasteiger partial charge in [0.15, 0.2) is 0 Å². The Kier molecular flexibility index (Phi) is 4.15. The van der Waals surface area contributed by atoms with Gasteiger partial charge in [-0.3, -0.25) is 4.79 Å². The predicted molar refractivity (Wildman–Crippen MR) is 76.8 cm³/mol. The van der Waals surface area contributed by atoms with E-state index in [-0.39, 0.29) is 5.56 Å². The van der Waals surface area contributed by atoms with Crippen LogP contribution in [0, 0.1) is 6.92 Å². The molecule has 2 aromatic rings. The number of carbonyl (C=O) groups is 2. The number of anilines is 1. The highest BCUT2D eigenvalue weighted by atomic mass is 16.4. The lowest BCUT2D eigenvalue weighted by Crippen LogP contribution is -2.20. The van der Waals surface area contributed by atoms with E-state index < -0.39 is 5.97 Å². The summed E-state index contributed by atoms with van der Waals surface area (Å²) < 4.78 is 0. The lowest BCUT2D eigenvalue weighted by atomic mass is 10.1. The summed E-state index contributed by atoms with van der Waals surface area (Å²) in [5.74, 6) is -0.956. The van der Waals surface area contributed by atoms with Crippen molar-refractivity contribution in [1.29, 1.82) is 0 Å². The molecule has 0 aliphatic heterocycles. The van der Waals surface area contributed by atoms with Crippen LogP contribution in [-0.4, -0.2) is 17.5 Å². The highest BCUT2D eigenvalue weighted by Crippen LogP contribution is 2.17. The molecule has 4 heteroatoms. The van der Waals surface area contributed by atoms with Gasteiger partial charge < -0.3 is 10.0 Å². The number of amides is 1. The van der Waals surface area contributed by atoms with Crippen LogP contribution in [0.5, 0.6) is 0 Å². The molecule has 0 saturated heterocycles. The van der Waals surface area contributed by atoms with E-state index in [1.165, 1.54) is 12.1 Å². The first-order valence-corrected chi connectivity index (χ1v) is 6.21. The highest BCUT2D eigenvalue weighted by molar-refractivity contribution is 5.87. The smallest absolute Gasteiger partial charge is 0.335 e. The molecule has 0 spiro atoms. The third kappa shape index (κ3) is 3.23. The molecule has 2 rings (SSSR count). The quantitative estimate of drug-likeness (QED) is 0.849. The molecule has 20 heavy (non-hydrogen) atoms. The summed E-state index contributed by atoms with van der Waals surface area (Å²) in [6.07, 6.45) is 0.778. The molecule has 1 N–H and O–H groups in total. The maximum Gasteiger partial charge on any atom is 0.335 e. The molecule has 0 radical (unpaired) electrons. The van der Waals surface area contributed by atoms with E-state index in [1.54, 1.807) is 17.0 Å². The molecule has 0 heterocycles. The van der Waals surface area contributed by atoms with Crippen molar-refractivity contribution in [3.63, 3.8) is 0 Å². The maximum atomic E-state index is 11.2. The molecular weight excluding hydrogens is 254 g/mol. The van der Waals surface area contributed by atoms with Gasteiger partial charge in [0.1, 0.15) is 0 Å². The van der Waals surface area contributed by atoms with Crippen molar-refractivity contribution in [2.75, 3.05) is 4.90 Å². The Labute approximate surface area is 117 Å². The van der Waals surface area contributed by atoms with Crippen LogP contribution < -0.4 is 4.90 Å². The average molecular weight is 269 g/mol. The van der Waals surface area contributed by atoms with Gasteiger partial charge >= 0.3 is 5.97 Å². The van der Waals surface area contributed by atoms with Gasteiger partial charge in [0.25, 0.3) is 0 Å². The molecule has 0 fully saturated rings. The Hall–Kier alpha value is -2.62. The molecule has 0 aliphatic carbocycles. The fraction of sp³-hybridized carbons (Fsp3) is 0.125. The number of benzene rings is 2. The first kappa shape index (κ1) is 13.8. The van der Waals surface area contributed by atoms with Crippen molar-refractivity contribution in [3.8, 4) is 0 Å². The first-order chi connectivity index (χ1) is 9.60. The summed E-state index contributed by atoms with van der Waals surface area (Å²) in [7, 11) is 0. The summed E-state index contributed by atoms with van der Waals surface area (Å²) in [4.78, 5) is 23.6. The zero-order valence-electron chi connectivity index (χ0n) is 11.1. The second-order valence-electron chi connectivity index (χ2n) is 4.57. The van der Waals surface area contributed by atoms with Gasteiger partial charge in [-0.1, -0.05) is 24.3 Å². The molecule has 0 unspecified atom stereocenters. The number of hydrogen-bond donors (Lipinski definition) is 1. The van der Waals surface area contributed by atoms with E-state index in [0.717, 1.165) is 23.2 Å². The minimum atomic E-state index is -0.956. The number of carboxylic acids is 1. The number of nitrogens with zero attached hydrogens (tertiary/aromatic N) is 1. The largest absolute Gasteiger partial charge is 0.478 e. The third-order valence-electron chi connectivity index (χ3n) is 3.01. The number of aromatic carboxylic acids is 1. The lowest BCUT2D eigenvalue weighted by molar-refractivity contribution is -0.107. The zero-order valence-corrected chi connectivity index (χ0v) is 11.1. The maximum absolute atomic E-state index is 11.2. The van der Waals surface area contributed by atoms with Crippen molar-refractivity contribution in [2.45, 2.75) is 13.5 Å². The topological polar surface area (TPSA) is 57.6 Å². The molecule has 0 bridgehead atoms. The molecule has 4 nitrogen and oxygen atoms in total. The summed E-state index contributed by atoms with van der Waals surface area (Å²) in [6, 6.07) is 14.2. The minimum Gasteiger partial charge on any atom is -0.478 e. The Balaban J connectivity index is 2.18. The van der Waals surface area contributed by atoms with Crippen LogP contribution in [0.15, 0.2) is 48.5 Å². The van der Waals surface area contributed by atoms with E-state index in [1.807, 2.05) is 31.2 Å². The Bertz CT molecular complexity index is 620. The summed E-state index contributed by atoms with van der Waals surface area (Å²) in [6.45, 7) is 2.38. The van der Waals surface area contributed by atoms with Crippen molar-refractivity contribution in [1.82, 2.24) is 0 Å². The number of hydrogen-bond acceptors (Lipinski definition) is 2. The Morgan fingerprint density at radius 1 is 1.20 bits per heavy atom. The number of carbonyl (C=O) groups excluding carboxylic acids is 1. The summed E-state index contributed by atoms with van der Waals surface area (Å²) >= 11 is 0. The molecule has 0 saturated carbocycles. The van der Waals surface area contributed by atoms with Gasteiger partial charge in [0, 0.05) is 5.69 Å². The van der Waals surface area contributed by atoms with E-state index >= 15 is 0 Å². The van der Waals surface area contributed by atoms with E-state index in [4.69, 9.17) is 5.11 Å². The van der Waals surface area contributed by atoms with Crippen LogP contribution in [0.4, 0.5) is 5.69 Å². The van der Waals surface area contributed by atoms with Crippen LogP contribution in [0.3, 0.4) is 0 Å². The van der Waals surface area contributed by atoms with Crippen LogP contribution >= 0.6 is 0 Å². The number of carboxylic acid groups (broad SMARTS) is 1. The molecule has 0 aliphatic rings. The standard InChI is InChI=1S/C16H15NO3/c1-12-3-2-4-15(9-12)17(11-18)10-13-5-7-14(8-6-13)16(19)20/h2-9,11H,10H2,1H3,(H,19,20). The van der Waals surface area contributed by atoms with E-state index in [2.05, 4.69) is 0 Å². The molecule has 0 aromatic heterocycles. The zero-order chi connectivity index (χ0) is 14.5. The van der Waals surface area contributed by atoms with Gasteiger partial charge in [-0.05, 0) is 42.3 Å². The Morgan fingerprint density at radius 3 is 2.45 bits per heavy atom. The van der Waals surface area contributed by atoms with E-state index in [0.29, 0.717) is 6.54 Å². The van der Waals surface area contributed by atoms with Gasteiger partial charge in [0.05, 0.1) is 12.1 Å². The van der Waals surface area contributed by atoms with Gasteiger partial charge in [-0.25, -0.2) is 4.79 Å². The molecular formula is C16H15NO3. The van der Waals surface area contributed by atoms with E-state index in [9.17, 15) is 9.59 Å². The van der Waals surface area contributed by atoms with Crippen LogP contribution in [-0.2, 0) is 11.3 Å². The van der Waals surface area contributed by atoms with Crippen molar-refractivity contribution < 1.29 is 14.7 Å². The van der Waals surface area contributed by atoms with Gasteiger partial charge in [0.2, 0.25) is 6.41 Å². The molecule has 1 amide bonds. The number of aryl methyl sites for hydroxylation is 1. The van der Waals surface area contributed by atoms with Crippen LogP contribution in [0.25, 0.3) is 0 Å². The molecule has 102 valence electrons. The number of rotatable bonds is 5. The van der Waals surface area contributed by atoms with Crippen LogP contribution in [0.2, 0.25) is 0 Å². The highest BCUT2D eigenvalue weighted by Gasteiger charge is 2.07. The van der Waals surface area contributed by atoms with Gasteiger partial charge in [-0.15, -0.1) is 0 Å². The first-order valence-electron chi connectivity index (χ1n) is 6.21. The third-order valence-corrected chi connectivity index (χ3v) is 3.01. The summed E-state index contributed by atoms with van der Waals surface area (Å²) in [5.41, 5.74) is 3.02. The second-order valence-corrected chi connectivity index (χ2v) is 4.57. The SMILES string of the molecule is Cc1cccc(N(C=O)Cc2ccc(C(=O)O)cc2)c1.